The Kier molecular flexibility index (Phi) is 4.42. The van der Waals surface area contributed by atoms with Gasteiger partial charge in [-0.15, -0.1) is 0 Å². The number of ether oxygens (including phenoxy) is 1. The second kappa shape index (κ2) is 6.31. The first-order valence-electron chi connectivity index (χ1n) is 7.39. The van der Waals surface area contributed by atoms with Crippen molar-refractivity contribution in [3.8, 4) is 0 Å². The Balaban J connectivity index is 1.65. The van der Waals surface area contributed by atoms with Gasteiger partial charge in [-0.1, -0.05) is 0 Å². The summed E-state index contributed by atoms with van der Waals surface area (Å²) in [6.07, 6.45) is 2.95. The molecule has 2 atom stereocenters. The summed E-state index contributed by atoms with van der Waals surface area (Å²) >= 11 is 1.42. The van der Waals surface area contributed by atoms with Gasteiger partial charge < -0.3 is 15.0 Å². The Hall–Kier alpha value is -1.51. The standard InChI is InChI=1S/C14H22N6OS/c1-9-10(7-16-20(9)4)13-11(5-6-21-13)15-8-12-17-14(19(2)3)22-18-12/h7,11,13,15H,5-6,8H2,1-4H3/t11-,13+/m0/s1. The van der Waals surface area contributed by atoms with Crippen molar-refractivity contribution >= 4 is 16.7 Å². The summed E-state index contributed by atoms with van der Waals surface area (Å²) in [6, 6.07) is 0.272. The molecule has 8 heteroatoms. The molecule has 1 N–H and O–H groups in total. The van der Waals surface area contributed by atoms with Crippen LogP contribution in [0.1, 0.15) is 29.6 Å². The molecule has 0 aromatic carbocycles. The molecule has 0 spiro atoms. The first kappa shape index (κ1) is 15.4. The number of nitrogens with zero attached hydrogens (tertiary/aromatic N) is 5. The van der Waals surface area contributed by atoms with Crippen LogP contribution in [0, 0.1) is 6.92 Å². The third-order valence-corrected chi connectivity index (χ3v) is 4.96. The van der Waals surface area contributed by atoms with Crippen LogP contribution < -0.4 is 10.2 Å². The molecule has 0 bridgehead atoms. The molecule has 1 saturated heterocycles. The minimum atomic E-state index is 0.0562. The first-order chi connectivity index (χ1) is 10.6. The van der Waals surface area contributed by atoms with Crippen molar-refractivity contribution in [2.24, 2.45) is 7.05 Å². The van der Waals surface area contributed by atoms with E-state index in [2.05, 4.69) is 26.7 Å². The van der Waals surface area contributed by atoms with E-state index < -0.39 is 0 Å². The molecular formula is C14H22N6OS. The quantitative estimate of drug-likeness (QED) is 0.894. The Labute approximate surface area is 134 Å². The summed E-state index contributed by atoms with van der Waals surface area (Å²) < 4.78 is 12.2. The minimum absolute atomic E-state index is 0.0562. The van der Waals surface area contributed by atoms with Gasteiger partial charge in [-0.3, -0.25) is 4.68 Å². The maximum atomic E-state index is 5.92. The largest absolute Gasteiger partial charge is 0.372 e. The zero-order chi connectivity index (χ0) is 15.7. The Morgan fingerprint density at radius 2 is 2.32 bits per heavy atom. The van der Waals surface area contributed by atoms with E-state index in [9.17, 15) is 0 Å². The molecule has 0 radical (unpaired) electrons. The van der Waals surface area contributed by atoms with Gasteiger partial charge in [0, 0.05) is 56.6 Å². The van der Waals surface area contributed by atoms with E-state index in [1.807, 2.05) is 36.9 Å². The number of rotatable bonds is 5. The molecule has 1 aliphatic rings. The fourth-order valence-corrected chi connectivity index (χ4v) is 3.22. The lowest BCUT2D eigenvalue weighted by Crippen LogP contribution is -2.31. The summed E-state index contributed by atoms with van der Waals surface area (Å²) in [5, 5.41) is 8.78. The lowest BCUT2D eigenvalue weighted by molar-refractivity contribution is 0.0978. The highest BCUT2D eigenvalue weighted by atomic mass is 32.1. The molecule has 0 saturated carbocycles. The SMILES string of the molecule is Cc1c([C@H]2OCC[C@@H]2NCc2nsc(N(C)C)n2)cnn1C. The topological polar surface area (TPSA) is 68.1 Å². The summed E-state index contributed by atoms with van der Waals surface area (Å²) in [5.74, 6) is 0.835. The van der Waals surface area contributed by atoms with Gasteiger partial charge in [0.1, 0.15) is 6.10 Å². The molecule has 22 heavy (non-hydrogen) atoms. The predicted molar refractivity (Wildman–Crippen MR) is 86.1 cm³/mol. The van der Waals surface area contributed by atoms with E-state index in [0.717, 1.165) is 35.2 Å². The second-order valence-electron chi connectivity index (χ2n) is 5.76. The average molecular weight is 322 g/mol. The molecule has 2 aromatic heterocycles. The van der Waals surface area contributed by atoms with Crippen molar-refractivity contribution in [2.75, 3.05) is 25.6 Å². The van der Waals surface area contributed by atoms with Gasteiger partial charge in [0.15, 0.2) is 5.82 Å². The molecule has 0 amide bonds. The molecule has 0 unspecified atom stereocenters. The van der Waals surface area contributed by atoms with Crippen molar-refractivity contribution in [2.45, 2.75) is 32.0 Å². The zero-order valence-electron chi connectivity index (χ0n) is 13.4. The smallest absolute Gasteiger partial charge is 0.204 e. The van der Waals surface area contributed by atoms with Crippen LogP contribution in [-0.4, -0.2) is 45.9 Å². The van der Waals surface area contributed by atoms with Gasteiger partial charge in [-0.05, 0) is 13.3 Å². The lowest BCUT2D eigenvalue weighted by Gasteiger charge is -2.19. The number of nitrogens with one attached hydrogen (secondary N) is 1. The summed E-state index contributed by atoms with van der Waals surface area (Å²) in [5.41, 5.74) is 2.32. The van der Waals surface area contributed by atoms with E-state index in [1.165, 1.54) is 11.5 Å². The van der Waals surface area contributed by atoms with Crippen molar-refractivity contribution in [1.82, 2.24) is 24.5 Å². The Bertz CT molecular complexity index is 637. The fourth-order valence-electron chi connectivity index (χ4n) is 2.62. The number of hydrogen-bond acceptors (Lipinski definition) is 7. The van der Waals surface area contributed by atoms with Gasteiger partial charge >= 0.3 is 0 Å². The van der Waals surface area contributed by atoms with Crippen molar-refractivity contribution in [3.63, 3.8) is 0 Å². The number of anilines is 1. The first-order valence-corrected chi connectivity index (χ1v) is 8.17. The van der Waals surface area contributed by atoms with Crippen LogP contribution in [0.25, 0.3) is 0 Å². The molecule has 0 aliphatic carbocycles. The highest BCUT2D eigenvalue weighted by Gasteiger charge is 2.31. The summed E-state index contributed by atoms with van der Waals surface area (Å²) in [7, 11) is 5.91. The van der Waals surface area contributed by atoms with E-state index in [-0.39, 0.29) is 12.1 Å². The molecule has 3 heterocycles. The van der Waals surface area contributed by atoms with E-state index in [0.29, 0.717) is 6.54 Å². The maximum Gasteiger partial charge on any atom is 0.204 e. The monoisotopic (exact) mass is 322 g/mol. The molecule has 1 aliphatic heterocycles. The van der Waals surface area contributed by atoms with Crippen LogP contribution in [0.15, 0.2) is 6.20 Å². The van der Waals surface area contributed by atoms with Crippen LogP contribution >= 0.6 is 11.5 Å². The third-order valence-electron chi connectivity index (χ3n) is 4.03. The molecule has 120 valence electrons. The van der Waals surface area contributed by atoms with E-state index in [1.54, 1.807) is 0 Å². The normalized spacial score (nSPS) is 21.5. The van der Waals surface area contributed by atoms with Gasteiger partial charge in [0.05, 0.1) is 12.7 Å². The summed E-state index contributed by atoms with van der Waals surface area (Å²) in [4.78, 5) is 6.48. The van der Waals surface area contributed by atoms with Crippen LogP contribution in [0.3, 0.4) is 0 Å². The highest BCUT2D eigenvalue weighted by Crippen LogP contribution is 2.31. The minimum Gasteiger partial charge on any atom is -0.372 e. The molecule has 2 aromatic rings. The van der Waals surface area contributed by atoms with Crippen molar-refractivity contribution in [3.05, 3.63) is 23.3 Å². The van der Waals surface area contributed by atoms with Crippen LogP contribution in [-0.2, 0) is 18.3 Å². The Morgan fingerprint density at radius 1 is 1.50 bits per heavy atom. The van der Waals surface area contributed by atoms with E-state index in [4.69, 9.17) is 4.74 Å². The molecule has 1 fully saturated rings. The fraction of sp³-hybridized carbons (Fsp3) is 0.643. The van der Waals surface area contributed by atoms with Crippen LogP contribution in [0.5, 0.6) is 0 Å². The van der Waals surface area contributed by atoms with Gasteiger partial charge in [0.25, 0.3) is 0 Å². The molecular weight excluding hydrogens is 300 g/mol. The van der Waals surface area contributed by atoms with Crippen molar-refractivity contribution in [1.29, 1.82) is 0 Å². The second-order valence-corrected chi connectivity index (χ2v) is 6.49. The Morgan fingerprint density at radius 3 is 2.95 bits per heavy atom. The van der Waals surface area contributed by atoms with Crippen molar-refractivity contribution < 1.29 is 4.74 Å². The number of hydrogen-bond donors (Lipinski definition) is 1. The zero-order valence-corrected chi connectivity index (χ0v) is 14.2. The van der Waals surface area contributed by atoms with Gasteiger partial charge in [0.2, 0.25) is 5.13 Å². The molecule has 7 nitrogen and oxygen atoms in total. The predicted octanol–water partition coefficient (Wildman–Crippen LogP) is 1.27. The maximum absolute atomic E-state index is 5.92. The lowest BCUT2D eigenvalue weighted by atomic mass is 10.0. The number of aromatic nitrogens is 4. The van der Waals surface area contributed by atoms with Gasteiger partial charge in [-0.2, -0.15) is 9.47 Å². The number of aryl methyl sites for hydroxylation is 1. The average Bonchev–Trinajstić information content (AvgIpc) is 3.19. The van der Waals surface area contributed by atoms with E-state index >= 15 is 0 Å². The third kappa shape index (κ3) is 2.99. The summed E-state index contributed by atoms with van der Waals surface area (Å²) in [6.45, 7) is 3.50. The van der Waals surface area contributed by atoms with Crippen LogP contribution in [0.4, 0.5) is 5.13 Å². The molecule has 3 rings (SSSR count). The highest BCUT2D eigenvalue weighted by molar-refractivity contribution is 7.09. The van der Waals surface area contributed by atoms with Gasteiger partial charge in [-0.25, -0.2) is 4.98 Å². The van der Waals surface area contributed by atoms with Crippen LogP contribution in [0.2, 0.25) is 0 Å².